The highest BCUT2D eigenvalue weighted by molar-refractivity contribution is 7.90. The maximum Gasteiger partial charge on any atom is 0.231 e. The quantitative estimate of drug-likeness (QED) is 0.537. The molecule has 0 bridgehead atoms. The van der Waals surface area contributed by atoms with Crippen molar-refractivity contribution in [2.75, 3.05) is 24.0 Å². The Kier molecular flexibility index (Phi) is 5.61. The number of nitrogens with zero attached hydrogens (tertiary/aromatic N) is 3. The van der Waals surface area contributed by atoms with Crippen LogP contribution < -0.4 is 15.4 Å². The normalized spacial score (nSPS) is 12.4. The maximum atomic E-state index is 11.8. The lowest BCUT2D eigenvalue weighted by Crippen LogP contribution is -2.15. The Bertz CT molecular complexity index is 1200. The minimum absolute atomic E-state index is 0.144. The van der Waals surface area contributed by atoms with E-state index in [-0.39, 0.29) is 16.9 Å². The summed E-state index contributed by atoms with van der Waals surface area (Å²) in [5.74, 6) is 1.16. The Hall–Kier alpha value is -3.32. The highest BCUT2D eigenvalue weighted by atomic mass is 32.2. The van der Waals surface area contributed by atoms with E-state index in [0.717, 1.165) is 12.7 Å². The number of sulfone groups is 1. The highest BCUT2D eigenvalue weighted by Gasteiger charge is 2.17. The summed E-state index contributed by atoms with van der Waals surface area (Å²) in [5.41, 5.74) is 1.48. The molecule has 2 aromatic heterocycles. The van der Waals surface area contributed by atoms with Gasteiger partial charge in [-0.3, -0.25) is 0 Å². The summed E-state index contributed by atoms with van der Waals surface area (Å²) < 4.78 is 28.9. The van der Waals surface area contributed by atoms with E-state index >= 15 is 0 Å². The largest absolute Gasteiger partial charge is 0.495 e. The Balaban J connectivity index is 2.06. The van der Waals surface area contributed by atoms with E-state index in [1.807, 2.05) is 13.8 Å². The fourth-order valence-corrected chi connectivity index (χ4v) is 3.38. The first kappa shape index (κ1) is 20.4. The molecule has 0 aliphatic carbocycles. The van der Waals surface area contributed by atoms with Crippen molar-refractivity contribution in [2.45, 2.75) is 31.2 Å². The zero-order chi connectivity index (χ0) is 21.2. The number of aromatic amines is 1. The van der Waals surface area contributed by atoms with Crippen molar-refractivity contribution in [3.8, 4) is 11.8 Å². The molecule has 1 unspecified atom stereocenters. The average molecular weight is 414 g/mol. The first-order valence-electron chi connectivity index (χ1n) is 8.97. The van der Waals surface area contributed by atoms with Gasteiger partial charge >= 0.3 is 0 Å². The van der Waals surface area contributed by atoms with Crippen LogP contribution in [0.25, 0.3) is 11.0 Å². The number of methoxy groups -OCH3 is 1. The van der Waals surface area contributed by atoms with Gasteiger partial charge in [-0.1, -0.05) is 6.92 Å². The molecule has 1 aromatic carbocycles. The number of aromatic nitrogens is 3. The average Bonchev–Trinajstić information content (AvgIpc) is 3.10. The van der Waals surface area contributed by atoms with Crippen LogP contribution in [-0.2, 0) is 9.84 Å². The second-order valence-electron chi connectivity index (χ2n) is 6.65. The fraction of sp³-hybridized carbons (Fsp3) is 0.316. The summed E-state index contributed by atoms with van der Waals surface area (Å²) in [6.07, 6.45) is 3.60. The third-order valence-corrected chi connectivity index (χ3v) is 5.61. The molecule has 3 N–H and O–H groups in total. The SMILES string of the molecule is CCC(C)Nc1nc(Nc2ccc(S(C)(=O)=O)cc2OC)nc2[nH]cc(C#N)c12. The summed E-state index contributed by atoms with van der Waals surface area (Å²) in [7, 11) is -1.91. The van der Waals surface area contributed by atoms with Crippen molar-refractivity contribution in [1.29, 1.82) is 5.26 Å². The predicted molar refractivity (Wildman–Crippen MR) is 111 cm³/mol. The molecule has 10 heteroatoms. The van der Waals surface area contributed by atoms with Crippen LogP contribution in [0.3, 0.4) is 0 Å². The van der Waals surface area contributed by atoms with Gasteiger partial charge < -0.3 is 20.4 Å². The van der Waals surface area contributed by atoms with E-state index in [4.69, 9.17) is 4.74 Å². The van der Waals surface area contributed by atoms with Gasteiger partial charge in [-0.25, -0.2) is 8.42 Å². The number of nitriles is 1. The lowest BCUT2D eigenvalue weighted by atomic mass is 10.2. The van der Waals surface area contributed by atoms with Crippen LogP contribution in [-0.4, -0.2) is 42.8 Å². The van der Waals surface area contributed by atoms with Crippen molar-refractivity contribution < 1.29 is 13.2 Å². The second kappa shape index (κ2) is 7.97. The summed E-state index contributed by atoms with van der Waals surface area (Å²) in [6, 6.07) is 6.81. The molecule has 1 atom stereocenters. The molecule has 29 heavy (non-hydrogen) atoms. The summed E-state index contributed by atoms with van der Waals surface area (Å²) in [6.45, 7) is 4.07. The van der Waals surface area contributed by atoms with Gasteiger partial charge in [-0.05, 0) is 25.5 Å². The van der Waals surface area contributed by atoms with Gasteiger partial charge in [0.25, 0.3) is 0 Å². The number of hydrogen-bond donors (Lipinski definition) is 3. The molecule has 9 nitrogen and oxygen atoms in total. The van der Waals surface area contributed by atoms with Crippen LogP contribution in [0, 0.1) is 11.3 Å². The molecule has 152 valence electrons. The minimum atomic E-state index is -3.36. The maximum absolute atomic E-state index is 11.8. The zero-order valence-electron chi connectivity index (χ0n) is 16.6. The van der Waals surface area contributed by atoms with Crippen LogP contribution in [0.4, 0.5) is 17.5 Å². The molecule has 3 aromatic rings. The zero-order valence-corrected chi connectivity index (χ0v) is 17.4. The Morgan fingerprint density at radius 2 is 2.10 bits per heavy atom. The van der Waals surface area contributed by atoms with Gasteiger partial charge in [0.05, 0.1) is 28.6 Å². The monoisotopic (exact) mass is 414 g/mol. The molecule has 3 rings (SSSR count). The Labute approximate surface area is 169 Å². The van der Waals surface area contributed by atoms with Crippen molar-refractivity contribution in [3.63, 3.8) is 0 Å². The van der Waals surface area contributed by atoms with Crippen LogP contribution >= 0.6 is 0 Å². The summed E-state index contributed by atoms with van der Waals surface area (Å²) >= 11 is 0. The molecular formula is C19H22N6O3S. The fourth-order valence-electron chi connectivity index (χ4n) is 2.74. The van der Waals surface area contributed by atoms with Crippen molar-refractivity contribution in [1.82, 2.24) is 15.0 Å². The molecule has 0 fully saturated rings. The molecule has 0 aliphatic heterocycles. The van der Waals surface area contributed by atoms with Gasteiger partial charge in [0.2, 0.25) is 5.95 Å². The van der Waals surface area contributed by atoms with Gasteiger partial charge in [0.15, 0.2) is 9.84 Å². The molecular weight excluding hydrogens is 392 g/mol. The first-order chi connectivity index (χ1) is 13.8. The minimum Gasteiger partial charge on any atom is -0.495 e. The van der Waals surface area contributed by atoms with E-state index in [1.165, 1.54) is 19.2 Å². The number of H-pyrrole nitrogens is 1. The van der Waals surface area contributed by atoms with Gasteiger partial charge in [-0.15, -0.1) is 0 Å². The summed E-state index contributed by atoms with van der Waals surface area (Å²) in [4.78, 5) is 12.1. The number of anilines is 3. The number of rotatable bonds is 7. The topological polar surface area (TPSA) is 133 Å². The smallest absolute Gasteiger partial charge is 0.231 e. The molecule has 0 spiro atoms. The van der Waals surface area contributed by atoms with E-state index in [2.05, 4.69) is 31.7 Å². The molecule has 0 saturated carbocycles. The van der Waals surface area contributed by atoms with Crippen LogP contribution in [0.1, 0.15) is 25.8 Å². The van der Waals surface area contributed by atoms with Gasteiger partial charge in [-0.2, -0.15) is 15.2 Å². The molecule has 0 radical (unpaired) electrons. The second-order valence-corrected chi connectivity index (χ2v) is 8.66. The standard InChI is InChI=1S/C19H22N6O3S/c1-5-11(2)22-18-16-12(9-20)10-21-17(16)24-19(25-18)23-14-7-6-13(29(4,26)27)8-15(14)28-3/h6-8,10-11H,5H2,1-4H3,(H3,21,22,23,24,25). The van der Waals surface area contributed by atoms with E-state index in [9.17, 15) is 13.7 Å². The predicted octanol–water partition coefficient (Wildman–Crippen LogP) is 3.20. The van der Waals surface area contributed by atoms with Crippen molar-refractivity contribution >= 4 is 38.3 Å². The Morgan fingerprint density at radius 1 is 1.34 bits per heavy atom. The van der Waals surface area contributed by atoms with Crippen LogP contribution in [0.5, 0.6) is 5.75 Å². The lowest BCUT2D eigenvalue weighted by molar-refractivity contribution is 0.415. The number of hydrogen-bond acceptors (Lipinski definition) is 8. The van der Waals surface area contributed by atoms with Gasteiger partial charge in [0, 0.05) is 24.6 Å². The lowest BCUT2D eigenvalue weighted by Gasteiger charge is -2.15. The number of benzene rings is 1. The van der Waals surface area contributed by atoms with Crippen molar-refractivity contribution in [2.24, 2.45) is 0 Å². The third kappa shape index (κ3) is 4.25. The van der Waals surface area contributed by atoms with Gasteiger partial charge in [0.1, 0.15) is 23.3 Å². The summed E-state index contributed by atoms with van der Waals surface area (Å²) in [5, 5.41) is 16.4. The highest BCUT2D eigenvalue weighted by Crippen LogP contribution is 2.31. The van der Waals surface area contributed by atoms with E-state index < -0.39 is 9.84 Å². The van der Waals surface area contributed by atoms with Crippen LogP contribution in [0.2, 0.25) is 0 Å². The van der Waals surface area contributed by atoms with Crippen molar-refractivity contribution in [3.05, 3.63) is 30.0 Å². The number of ether oxygens (including phenoxy) is 1. The molecule has 2 heterocycles. The van der Waals surface area contributed by atoms with Crippen LogP contribution in [0.15, 0.2) is 29.3 Å². The Morgan fingerprint density at radius 3 is 2.72 bits per heavy atom. The first-order valence-corrected chi connectivity index (χ1v) is 10.9. The number of nitrogens with one attached hydrogen (secondary N) is 3. The third-order valence-electron chi connectivity index (χ3n) is 4.50. The molecule has 0 amide bonds. The molecule has 0 saturated heterocycles. The van der Waals surface area contributed by atoms with E-state index in [0.29, 0.717) is 33.9 Å². The van der Waals surface area contributed by atoms with E-state index in [1.54, 1.807) is 12.3 Å². The molecule has 0 aliphatic rings. The number of fused-ring (bicyclic) bond motifs is 1.